The van der Waals surface area contributed by atoms with Gasteiger partial charge in [0.1, 0.15) is 0 Å². The number of benzene rings is 1. The van der Waals surface area contributed by atoms with E-state index in [1.54, 1.807) is 18.5 Å². The van der Waals surface area contributed by atoms with E-state index in [0.717, 1.165) is 68.9 Å². The maximum atomic E-state index is 13.2. The number of aromatic nitrogens is 1. The van der Waals surface area contributed by atoms with Gasteiger partial charge in [-0.2, -0.15) is 0 Å². The number of rotatable bonds is 4. The number of morpholine rings is 1. The van der Waals surface area contributed by atoms with E-state index < -0.39 is 0 Å². The van der Waals surface area contributed by atoms with Gasteiger partial charge in [0.15, 0.2) is 0 Å². The molecule has 2 N–H and O–H groups in total. The van der Waals surface area contributed by atoms with Gasteiger partial charge in [0.2, 0.25) is 0 Å². The third-order valence-corrected chi connectivity index (χ3v) is 5.76. The fourth-order valence-corrected chi connectivity index (χ4v) is 4.14. The lowest BCUT2D eigenvalue weighted by Crippen LogP contribution is -2.51. The molecule has 3 heterocycles. The first-order valence-corrected chi connectivity index (χ1v) is 10.1. The Balaban J connectivity index is 1.48. The number of nitrogens with two attached hydrogens (primary N) is 1. The molecule has 2 aliphatic heterocycles. The van der Waals surface area contributed by atoms with Crippen molar-refractivity contribution in [1.29, 1.82) is 0 Å². The first-order valence-electron chi connectivity index (χ1n) is 10.1. The monoisotopic (exact) mass is 380 g/mol. The van der Waals surface area contributed by atoms with Crippen LogP contribution in [0.4, 0.5) is 5.69 Å². The van der Waals surface area contributed by atoms with E-state index >= 15 is 0 Å². The Morgan fingerprint density at radius 1 is 1.11 bits per heavy atom. The van der Waals surface area contributed by atoms with E-state index in [-0.39, 0.29) is 11.9 Å². The maximum Gasteiger partial charge on any atom is 0.254 e. The summed E-state index contributed by atoms with van der Waals surface area (Å²) in [6.45, 7) is 5.28. The molecule has 2 aromatic rings. The standard InChI is InChI=1S/C22H28N4O2/c23-21-8-9-24-15-20(21)17-4-6-18(7-5-17)22(27)26-10-2-1-3-19(26)16-25-11-13-28-14-12-25/h4-9,15,19H,1-3,10-14,16H2,(H2,23,24). The molecule has 0 aliphatic carbocycles. The summed E-state index contributed by atoms with van der Waals surface area (Å²) >= 11 is 0. The molecule has 0 spiro atoms. The zero-order valence-electron chi connectivity index (χ0n) is 16.2. The van der Waals surface area contributed by atoms with Gasteiger partial charge in [0.25, 0.3) is 5.91 Å². The van der Waals surface area contributed by atoms with Crippen LogP contribution in [0.25, 0.3) is 11.1 Å². The molecular formula is C22H28N4O2. The number of anilines is 1. The first-order chi connectivity index (χ1) is 13.7. The van der Waals surface area contributed by atoms with Gasteiger partial charge in [-0.3, -0.25) is 14.7 Å². The molecule has 6 heteroatoms. The molecule has 1 aromatic carbocycles. The summed E-state index contributed by atoms with van der Waals surface area (Å²) < 4.78 is 5.45. The van der Waals surface area contributed by atoms with Crippen molar-refractivity contribution in [1.82, 2.24) is 14.8 Å². The highest BCUT2D eigenvalue weighted by atomic mass is 16.5. The SMILES string of the molecule is Nc1ccncc1-c1ccc(C(=O)N2CCCCC2CN2CCOCC2)cc1. The lowest BCUT2D eigenvalue weighted by molar-refractivity contribution is 0.0166. The van der Waals surface area contributed by atoms with E-state index in [1.165, 1.54) is 6.42 Å². The van der Waals surface area contributed by atoms with Crippen molar-refractivity contribution in [2.45, 2.75) is 25.3 Å². The lowest BCUT2D eigenvalue weighted by atomic mass is 9.99. The molecule has 4 rings (SSSR count). The van der Waals surface area contributed by atoms with Gasteiger partial charge >= 0.3 is 0 Å². The van der Waals surface area contributed by atoms with Gasteiger partial charge < -0.3 is 15.4 Å². The highest BCUT2D eigenvalue weighted by Crippen LogP contribution is 2.26. The van der Waals surface area contributed by atoms with Crippen LogP contribution >= 0.6 is 0 Å². The number of nitrogens with zero attached hydrogens (tertiary/aromatic N) is 3. The van der Waals surface area contributed by atoms with Crippen molar-refractivity contribution in [3.8, 4) is 11.1 Å². The average molecular weight is 380 g/mol. The Morgan fingerprint density at radius 2 is 1.89 bits per heavy atom. The zero-order chi connectivity index (χ0) is 19.3. The third-order valence-electron chi connectivity index (χ3n) is 5.76. The molecule has 2 saturated heterocycles. The van der Waals surface area contributed by atoms with Crippen LogP contribution in [0.3, 0.4) is 0 Å². The molecule has 2 fully saturated rings. The molecule has 0 saturated carbocycles. The summed E-state index contributed by atoms with van der Waals surface area (Å²) in [5.41, 5.74) is 9.34. The summed E-state index contributed by atoms with van der Waals surface area (Å²) in [5.74, 6) is 0.128. The van der Waals surface area contributed by atoms with Crippen LogP contribution in [-0.4, -0.2) is 66.1 Å². The molecule has 1 aromatic heterocycles. The summed E-state index contributed by atoms with van der Waals surface area (Å²) in [4.78, 5) is 21.9. The maximum absolute atomic E-state index is 13.2. The second-order valence-corrected chi connectivity index (χ2v) is 7.60. The summed E-state index contributed by atoms with van der Waals surface area (Å²) in [5, 5.41) is 0. The van der Waals surface area contributed by atoms with Crippen molar-refractivity contribution in [3.63, 3.8) is 0 Å². The van der Waals surface area contributed by atoms with Crippen molar-refractivity contribution in [2.75, 3.05) is 45.1 Å². The van der Waals surface area contributed by atoms with Crippen LogP contribution in [-0.2, 0) is 4.74 Å². The minimum absolute atomic E-state index is 0.128. The molecule has 28 heavy (non-hydrogen) atoms. The van der Waals surface area contributed by atoms with Crippen molar-refractivity contribution in [3.05, 3.63) is 48.3 Å². The van der Waals surface area contributed by atoms with Crippen LogP contribution in [0.2, 0.25) is 0 Å². The van der Waals surface area contributed by atoms with E-state index in [9.17, 15) is 4.79 Å². The van der Waals surface area contributed by atoms with E-state index in [1.807, 2.05) is 24.3 Å². The fourth-order valence-electron chi connectivity index (χ4n) is 4.14. The van der Waals surface area contributed by atoms with Crippen LogP contribution in [0.1, 0.15) is 29.6 Å². The topological polar surface area (TPSA) is 71.7 Å². The summed E-state index contributed by atoms with van der Waals surface area (Å²) in [6, 6.07) is 9.81. The molecule has 1 unspecified atom stereocenters. The number of nitrogen functional groups attached to an aromatic ring is 1. The molecule has 6 nitrogen and oxygen atoms in total. The van der Waals surface area contributed by atoms with Crippen LogP contribution < -0.4 is 5.73 Å². The van der Waals surface area contributed by atoms with Crippen LogP contribution in [0.15, 0.2) is 42.7 Å². The number of likely N-dealkylation sites (tertiary alicyclic amines) is 1. The number of hydrogen-bond acceptors (Lipinski definition) is 5. The number of amides is 1. The number of carbonyl (C=O) groups is 1. The number of hydrogen-bond donors (Lipinski definition) is 1. The van der Waals surface area contributed by atoms with Crippen molar-refractivity contribution in [2.24, 2.45) is 0 Å². The molecule has 1 atom stereocenters. The van der Waals surface area contributed by atoms with E-state index in [2.05, 4.69) is 14.8 Å². The molecular weight excluding hydrogens is 352 g/mol. The quantitative estimate of drug-likeness (QED) is 0.883. The predicted octanol–water partition coefficient (Wildman–Crippen LogP) is 2.66. The number of carbonyl (C=O) groups excluding carboxylic acids is 1. The zero-order valence-corrected chi connectivity index (χ0v) is 16.2. The van der Waals surface area contributed by atoms with Crippen LogP contribution in [0.5, 0.6) is 0 Å². The third kappa shape index (κ3) is 4.18. The number of ether oxygens (including phenoxy) is 1. The average Bonchev–Trinajstić information content (AvgIpc) is 2.75. The number of piperidine rings is 1. The first kappa shape index (κ1) is 18.9. The Labute approximate surface area is 166 Å². The lowest BCUT2D eigenvalue weighted by Gasteiger charge is -2.39. The molecule has 2 aliphatic rings. The van der Waals surface area contributed by atoms with Crippen molar-refractivity contribution < 1.29 is 9.53 Å². The van der Waals surface area contributed by atoms with Crippen molar-refractivity contribution >= 4 is 11.6 Å². The molecule has 148 valence electrons. The Kier molecular flexibility index (Phi) is 5.88. The largest absolute Gasteiger partial charge is 0.398 e. The second kappa shape index (κ2) is 8.71. The van der Waals surface area contributed by atoms with Gasteiger partial charge in [0, 0.05) is 61.4 Å². The Morgan fingerprint density at radius 3 is 2.64 bits per heavy atom. The summed E-state index contributed by atoms with van der Waals surface area (Å²) in [6.07, 6.45) is 6.79. The Bertz CT molecular complexity index is 802. The minimum atomic E-state index is 0.128. The Hall–Kier alpha value is -2.44. The van der Waals surface area contributed by atoms with E-state index in [4.69, 9.17) is 10.5 Å². The predicted molar refractivity (Wildman–Crippen MR) is 110 cm³/mol. The highest BCUT2D eigenvalue weighted by molar-refractivity contribution is 5.95. The smallest absolute Gasteiger partial charge is 0.254 e. The number of pyridine rings is 1. The van der Waals surface area contributed by atoms with Gasteiger partial charge in [-0.25, -0.2) is 0 Å². The molecule has 0 radical (unpaired) electrons. The van der Waals surface area contributed by atoms with Gasteiger partial charge in [0.05, 0.1) is 13.2 Å². The minimum Gasteiger partial charge on any atom is -0.398 e. The molecule has 0 bridgehead atoms. The normalized spacial score (nSPS) is 20.9. The molecule has 1 amide bonds. The van der Waals surface area contributed by atoms with Gasteiger partial charge in [-0.1, -0.05) is 12.1 Å². The second-order valence-electron chi connectivity index (χ2n) is 7.60. The van der Waals surface area contributed by atoms with Crippen LogP contribution in [0, 0.1) is 0 Å². The fraction of sp³-hybridized carbons (Fsp3) is 0.455. The van der Waals surface area contributed by atoms with E-state index in [0.29, 0.717) is 5.69 Å². The summed E-state index contributed by atoms with van der Waals surface area (Å²) in [7, 11) is 0. The highest BCUT2D eigenvalue weighted by Gasteiger charge is 2.29. The van der Waals surface area contributed by atoms with Gasteiger partial charge in [-0.15, -0.1) is 0 Å². The van der Waals surface area contributed by atoms with Gasteiger partial charge in [-0.05, 0) is 43.0 Å².